The van der Waals surface area contributed by atoms with Crippen molar-refractivity contribution < 1.29 is 14.6 Å². The van der Waals surface area contributed by atoms with Gasteiger partial charge < -0.3 is 9.84 Å². The van der Waals surface area contributed by atoms with Gasteiger partial charge in [-0.3, -0.25) is 4.79 Å². The predicted molar refractivity (Wildman–Crippen MR) is 60.6 cm³/mol. The maximum Gasteiger partial charge on any atom is 0.305 e. The maximum absolute atomic E-state index is 10.8. The average Bonchev–Trinajstić information content (AvgIpc) is 2.34. The molecule has 3 heteroatoms. The van der Waals surface area contributed by atoms with Gasteiger partial charge in [0.15, 0.2) is 0 Å². The van der Waals surface area contributed by atoms with E-state index in [2.05, 4.69) is 16.6 Å². The first-order chi connectivity index (χ1) is 7.72. The summed E-state index contributed by atoms with van der Waals surface area (Å²) in [5.41, 5.74) is 0.847. The van der Waals surface area contributed by atoms with Crippen LogP contribution < -0.4 is 0 Å². The molecule has 0 saturated heterocycles. The Hall–Kier alpha value is -1.79. The van der Waals surface area contributed by atoms with Crippen LogP contribution in [0.2, 0.25) is 0 Å². The second kappa shape index (κ2) is 6.65. The third-order valence-corrected chi connectivity index (χ3v) is 2.01. The minimum atomic E-state index is -0.792. The van der Waals surface area contributed by atoms with Gasteiger partial charge in [-0.25, -0.2) is 0 Å². The molecule has 84 valence electrons. The van der Waals surface area contributed by atoms with Gasteiger partial charge in [0.1, 0.15) is 6.10 Å². The molecule has 0 amide bonds. The van der Waals surface area contributed by atoms with Crippen molar-refractivity contribution in [1.82, 2.24) is 0 Å². The number of esters is 1. The van der Waals surface area contributed by atoms with Gasteiger partial charge in [-0.1, -0.05) is 30.0 Å². The molecule has 0 aliphatic heterocycles. The Morgan fingerprint density at radius 3 is 2.75 bits per heavy atom. The second-order valence-electron chi connectivity index (χ2n) is 3.27. The van der Waals surface area contributed by atoms with E-state index >= 15 is 0 Å². The zero-order chi connectivity index (χ0) is 11.8. The van der Waals surface area contributed by atoms with E-state index in [0.717, 1.165) is 5.56 Å². The number of aliphatic hydroxyl groups excluding tert-OH is 1. The molecule has 16 heavy (non-hydrogen) atoms. The van der Waals surface area contributed by atoms with Gasteiger partial charge in [0.25, 0.3) is 0 Å². The quantitative estimate of drug-likeness (QED) is 0.615. The SMILES string of the molecule is COC(=O)CC[C@@H](O)C#Cc1ccccc1. The lowest BCUT2D eigenvalue weighted by molar-refractivity contribution is -0.141. The summed E-state index contributed by atoms with van der Waals surface area (Å²) in [5, 5.41) is 9.47. The molecular formula is C13H14O3. The summed E-state index contributed by atoms with van der Waals surface area (Å²) >= 11 is 0. The number of hydrogen-bond donors (Lipinski definition) is 1. The Kier molecular flexibility index (Phi) is 5.10. The van der Waals surface area contributed by atoms with Crippen molar-refractivity contribution in [3.8, 4) is 11.8 Å². The third-order valence-electron chi connectivity index (χ3n) is 2.01. The van der Waals surface area contributed by atoms with Gasteiger partial charge in [-0.2, -0.15) is 0 Å². The highest BCUT2D eigenvalue weighted by Crippen LogP contribution is 1.99. The first-order valence-electron chi connectivity index (χ1n) is 5.04. The molecule has 0 aromatic heterocycles. The fourth-order valence-corrected chi connectivity index (χ4v) is 1.12. The van der Waals surface area contributed by atoms with E-state index in [4.69, 9.17) is 0 Å². The van der Waals surface area contributed by atoms with Crippen LogP contribution in [0.25, 0.3) is 0 Å². The van der Waals surface area contributed by atoms with Gasteiger partial charge in [0, 0.05) is 12.0 Å². The first kappa shape index (κ1) is 12.3. The number of carbonyl (C=O) groups is 1. The van der Waals surface area contributed by atoms with E-state index in [1.54, 1.807) is 0 Å². The molecule has 1 N–H and O–H groups in total. The Morgan fingerprint density at radius 1 is 1.44 bits per heavy atom. The zero-order valence-corrected chi connectivity index (χ0v) is 9.14. The topological polar surface area (TPSA) is 46.5 Å². The van der Waals surface area contributed by atoms with Crippen LogP contribution >= 0.6 is 0 Å². The summed E-state index contributed by atoms with van der Waals surface area (Å²) in [4.78, 5) is 10.8. The summed E-state index contributed by atoms with van der Waals surface area (Å²) in [5.74, 6) is 5.18. The van der Waals surface area contributed by atoms with E-state index < -0.39 is 6.10 Å². The fourth-order valence-electron chi connectivity index (χ4n) is 1.12. The van der Waals surface area contributed by atoms with Crippen LogP contribution in [0, 0.1) is 11.8 Å². The summed E-state index contributed by atoms with van der Waals surface area (Å²) in [6, 6.07) is 9.38. The van der Waals surface area contributed by atoms with Gasteiger partial charge in [0.2, 0.25) is 0 Å². The smallest absolute Gasteiger partial charge is 0.305 e. The van der Waals surface area contributed by atoms with E-state index in [-0.39, 0.29) is 12.4 Å². The van der Waals surface area contributed by atoms with E-state index in [1.165, 1.54) is 7.11 Å². The van der Waals surface area contributed by atoms with Crippen molar-refractivity contribution in [2.75, 3.05) is 7.11 Å². The van der Waals surface area contributed by atoms with Crippen molar-refractivity contribution in [2.24, 2.45) is 0 Å². The lowest BCUT2D eigenvalue weighted by atomic mass is 10.1. The highest BCUT2D eigenvalue weighted by Gasteiger charge is 2.04. The molecule has 0 spiro atoms. The molecule has 0 fully saturated rings. The van der Waals surface area contributed by atoms with Crippen LogP contribution in [0.15, 0.2) is 30.3 Å². The summed E-state index contributed by atoms with van der Waals surface area (Å²) in [7, 11) is 1.32. The van der Waals surface area contributed by atoms with Gasteiger partial charge in [-0.05, 0) is 18.6 Å². The van der Waals surface area contributed by atoms with Gasteiger partial charge in [0.05, 0.1) is 7.11 Å². The van der Waals surface area contributed by atoms with E-state index in [0.29, 0.717) is 6.42 Å². The maximum atomic E-state index is 10.8. The van der Waals surface area contributed by atoms with Crippen LogP contribution in [-0.2, 0) is 9.53 Å². The van der Waals surface area contributed by atoms with E-state index in [1.807, 2.05) is 30.3 Å². The number of benzene rings is 1. The van der Waals surface area contributed by atoms with Crippen molar-refractivity contribution in [3.63, 3.8) is 0 Å². The molecule has 1 aromatic rings. The van der Waals surface area contributed by atoms with E-state index in [9.17, 15) is 9.90 Å². The van der Waals surface area contributed by atoms with Crippen LogP contribution in [0.5, 0.6) is 0 Å². The molecular weight excluding hydrogens is 204 g/mol. The first-order valence-corrected chi connectivity index (χ1v) is 5.04. The number of rotatable bonds is 3. The summed E-state index contributed by atoms with van der Waals surface area (Å²) in [6.45, 7) is 0. The Morgan fingerprint density at radius 2 is 2.12 bits per heavy atom. The number of aliphatic hydroxyl groups is 1. The minimum Gasteiger partial charge on any atom is -0.469 e. The monoisotopic (exact) mass is 218 g/mol. The molecule has 0 aliphatic carbocycles. The number of ether oxygens (including phenoxy) is 1. The highest BCUT2D eigenvalue weighted by atomic mass is 16.5. The fraction of sp³-hybridized carbons (Fsp3) is 0.308. The van der Waals surface area contributed by atoms with Gasteiger partial charge >= 0.3 is 5.97 Å². The summed E-state index contributed by atoms with van der Waals surface area (Å²) < 4.78 is 4.47. The average molecular weight is 218 g/mol. The molecule has 0 bridgehead atoms. The van der Waals surface area contributed by atoms with Crippen LogP contribution in [-0.4, -0.2) is 24.3 Å². The van der Waals surface area contributed by atoms with Crippen molar-refractivity contribution in [1.29, 1.82) is 0 Å². The number of methoxy groups -OCH3 is 1. The number of carbonyl (C=O) groups excluding carboxylic acids is 1. The van der Waals surface area contributed by atoms with Crippen molar-refractivity contribution >= 4 is 5.97 Å². The minimum absolute atomic E-state index is 0.182. The molecule has 3 nitrogen and oxygen atoms in total. The number of hydrogen-bond acceptors (Lipinski definition) is 3. The molecule has 0 unspecified atom stereocenters. The second-order valence-corrected chi connectivity index (χ2v) is 3.27. The molecule has 1 aromatic carbocycles. The summed E-state index contributed by atoms with van der Waals surface area (Å²) in [6.07, 6.45) is -0.313. The lowest BCUT2D eigenvalue weighted by Gasteiger charge is -2.01. The largest absolute Gasteiger partial charge is 0.469 e. The molecule has 1 rings (SSSR count). The standard InChI is InChI=1S/C13H14O3/c1-16-13(15)10-9-12(14)8-7-11-5-3-2-4-6-11/h2-6,12,14H,9-10H2,1H3/t12-/m0/s1. The molecule has 0 saturated carbocycles. The Labute approximate surface area is 95.1 Å². The third kappa shape index (κ3) is 4.63. The van der Waals surface area contributed by atoms with Crippen molar-refractivity contribution in [2.45, 2.75) is 18.9 Å². The van der Waals surface area contributed by atoms with Crippen molar-refractivity contribution in [3.05, 3.63) is 35.9 Å². The molecule has 0 aliphatic rings. The molecule has 0 radical (unpaired) electrons. The predicted octanol–water partition coefficient (Wildman–Crippen LogP) is 1.35. The van der Waals surface area contributed by atoms with Crippen LogP contribution in [0.3, 0.4) is 0 Å². The molecule has 1 atom stereocenters. The normalized spacial score (nSPS) is 11.1. The van der Waals surface area contributed by atoms with Crippen LogP contribution in [0.1, 0.15) is 18.4 Å². The van der Waals surface area contributed by atoms with Crippen LogP contribution in [0.4, 0.5) is 0 Å². The lowest BCUT2D eigenvalue weighted by Crippen LogP contribution is -2.08. The highest BCUT2D eigenvalue weighted by molar-refractivity contribution is 5.69. The Bertz CT molecular complexity index is 387. The molecule has 0 heterocycles. The Balaban J connectivity index is 2.43. The van der Waals surface area contributed by atoms with Gasteiger partial charge in [-0.15, -0.1) is 0 Å². The zero-order valence-electron chi connectivity index (χ0n) is 9.14.